The Morgan fingerprint density at radius 3 is 1.10 bits per heavy atom. The Labute approximate surface area is 326 Å². The summed E-state index contributed by atoms with van der Waals surface area (Å²) in [5, 5.41) is 4.33. The first-order chi connectivity index (χ1) is 24.4. The van der Waals surface area contributed by atoms with Crippen LogP contribution in [-0.2, 0) is 8.85 Å². The molecule has 7 heteroatoms. The van der Waals surface area contributed by atoms with Crippen LogP contribution in [0.15, 0.2) is 9.98 Å². The number of rotatable bonds is 20. The maximum Gasteiger partial charge on any atom is 0.183 e. The largest absolute Gasteiger partial charge is 0.418 e. The van der Waals surface area contributed by atoms with Crippen LogP contribution in [0.2, 0.25) is 39.3 Å². The van der Waals surface area contributed by atoms with E-state index in [9.17, 15) is 0 Å². The second-order valence-corrected chi connectivity index (χ2v) is 29.8. The highest BCUT2D eigenvalue weighted by Crippen LogP contribution is 2.42. The molecule has 5 nitrogen and oxygen atoms in total. The van der Waals surface area contributed by atoms with Gasteiger partial charge in [-0.3, -0.25) is 9.98 Å². The van der Waals surface area contributed by atoms with E-state index in [1.165, 1.54) is 82.1 Å². The number of nitrogens with zero attached hydrogens (tertiary/aromatic N) is 2. The third-order valence-electron chi connectivity index (χ3n) is 12.9. The smallest absolute Gasteiger partial charge is 0.183 e. The molecule has 0 radical (unpaired) electrons. The topological polar surface area (TPSA) is 55.2 Å². The van der Waals surface area contributed by atoms with Crippen molar-refractivity contribution in [2.75, 3.05) is 13.2 Å². The van der Waals surface area contributed by atoms with Gasteiger partial charge in [0.2, 0.25) is 0 Å². The van der Waals surface area contributed by atoms with Crippen molar-refractivity contribution in [1.29, 1.82) is 0 Å². The van der Waals surface area contributed by atoms with Gasteiger partial charge in [0, 0.05) is 36.7 Å². The van der Waals surface area contributed by atoms with Gasteiger partial charge in [-0.05, 0) is 170 Å². The Hall–Kier alpha value is -0.346. The van der Waals surface area contributed by atoms with Crippen LogP contribution in [-0.4, -0.2) is 65.4 Å². The van der Waals surface area contributed by atoms with Crippen molar-refractivity contribution in [3.63, 3.8) is 0 Å². The quantitative estimate of drug-likeness (QED) is 0.0764. The standard InChI is InChI=1S/C45H89N3O2Si2/c1-32(2)36-22-19-23-37(33(3)4)44(36)47-42(26-15-17-30-49-51(9,10)11)40-28-21-29-41(46-40)43(27-16-18-31-50-52(12,13)14)48-45-38(34(5)6)24-20-25-39(45)35(7)8/h32-41,44-46H,15-31H2,1-14H3. The zero-order valence-corrected chi connectivity index (χ0v) is 39.2. The van der Waals surface area contributed by atoms with Gasteiger partial charge in [-0.1, -0.05) is 68.2 Å². The lowest BCUT2D eigenvalue weighted by atomic mass is 9.68. The summed E-state index contributed by atoms with van der Waals surface area (Å²) < 4.78 is 12.6. The molecular formula is C45H89N3O2Si2. The third-order valence-corrected chi connectivity index (χ3v) is 15.0. The number of aliphatic imine (C=N–C) groups is 2. The van der Waals surface area contributed by atoms with Gasteiger partial charge in [-0.25, -0.2) is 0 Å². The normalized spacial score (nSPS) is 30.3. The second kappa shape index (κ2) is 21.8. The predicted molar refractivity (Wildman–Crippen MR) is 234 cm³/mol. The molecule has 2 saturated carbocycles. The lowest BCUT2D eigenvalue weighted by Gasteiger charge is -2.42. The molecular weight excluding hydrogens is 671 g/mol. The summed E-state index contributed by atoms with van der Waals surface area (Å²) in [5.41, 5.74) is 2.95. The first-order valence-electron chi connectivity index (χ1n) is 22.5. The third kappa shape index (κ3) is 15.3. The minimum atomic E-state index is -1.50. The number of hydrogen-bond donors (Lipinski definition) is 1. The number of hydrogen-bond acceptors (Lipinski definition) is 5. The lowest BCUT2D eigenvalue weighted by Crippen LogP contribution is -2.51. The summed E-state index contributed by atoms with van der Waals surface area (Å²) in [7, 11) is -3.00. The van der Waals surface area contributed by atoms with Crippen LogP contribution in [0, 0.1) is 47.3 Å². The van der Waals surface area contributed by atoms with Crippen molar-refractivity contribution in [1.82, 2.24) is 5.32 Å². The molecule has 3 fully saturated rings. The van der Waals surface area contributed by atoms with Gasteiger partial charge in [0.15, 0.2) is 16.6 Å². The summed E-state index contributed by atoms with van der Waals surface area (Å²) in [4.78, 5) is 11.9. The SMILES string of the molecule is CC(C)C1CCCC(C(C)C)C1N=C(CCCCO[Si](C)(C)C)C1CCCC(C(CCCCO[Si](C)(C)C)=NC2C(C(C)C)CCCC2C(C)C)N1. The van der Waals surface area contributed by atoms with E-state index in [2.05, 4.69) is 100.0 Å². The lowest BCUT2D eigenvalue weighted by molar-refractivity contribution is 0.141. The highest BCUT2D eigenvalue weighted by atomic mass is 28.4. The Morgan fingerprint density at radius 1 is 0.500 bits per heavy atom. The molecule has 52 heavy (non-hydrogen) atoms. The fourth-order valence-electron chi connectivity index (χ4n) is 9.87. The monoisotopic (exact) mass is 760 g/mol. The van der Waals surface area contributed by atoms with Crippen molar-refractivity contribution in [3.8, 4) is 0 Å². The van der Waals surface area contributed by atoms with Crippen molar-refractivity contribution in [3.05, 3.63) is 0 Å². The van der Waals surface area contributed by atoms with E-state index in [1.54, 1.807) is 0 Å². The Balaban J connectivity index is 1.96. The maximum absolute atomic E-state index is 6.31. The fourth-order valence-corrected chi connectivity index (χ4v) is 11.4. The van der Waals surface area contributed by atoms with Gasteiger partial charge < -0.3 is 14.2 Å². The van der Waals surface area contributed by atoms with E-state index in [1.807, 2.05) is 0 Å². The molecule has 0 amide bonds. The number of piperidine rings is 1. The van der Waals surface area contributed by atoms with Crippen LogP contribution in [0.3, 0.4) is 0 Å². The Bertz CT molecular complexity index is 961. The molecule has 304 valence electrons. The first kappa shape index (κ1) is 46.0. The van der Waals surface area contributed by atoms with Gasteiger partial charge in [0.25, 0.3) is 0 Å². The van der Waals surface area contributed by atoms with Gasteiger partial charge >= 0.3 is 0 Å². The number of unbranched alkanes of at least 4 members (excludes halogenated alkanes) is 2. The molecule has 6 atom stereocenters. The van der Waals surface area contributed by atoms with Crippen LogP contribution in [0.25, 0.3) is 0 Å². The molecule has 0 aromatic rings. The molecule has 0 spiro atoms. The number of nitrogens with one attached hydrogen (secondary N) is 1. The van der Waals surface area contributed by atoms with E-state index in [0.29, 0.717) is 71.5 Å². The second-order valence-electron chi connectivity index (χ2n) is 20.8. The molecule has 2 aliphatic carbocycles. The van der Waals surface area contributed by atoms with Crippen LogP contribution < -0.4 is 5.32 Å². The van der Waals surface area contributed by atoms with Crippen molar-refractivity contribution >= 4 is 28.1 Å². The van der Waals surface area contributed by atoms with Crippen molar-refractivity contribution in [2.45, 2.75) is 215 Å². The molecule has 3 rings (SSSR count). The fraction of sp³-hybridized carbons (Fsp3) is 0.956. The van der Waals surface area contributed by atoms with E-state index in [-0.39, 0.29) is 0 Å². The Morgan fingerprint density at radius 2 is 0.808 bits per heavy atom. The van der Waals surface area contributed by atoms with Gasteiger partial charge in [0.1, 0.15) is 0 Å². The van der Waals surface area contributed by atoms with Gasteiger partial charge in [-0.15, -0.1) is 0 Å². The highest BCUT2D eigenvalue weighted by Gasteiger charge is 2.39. The summed E-state index contributed by atoms with van der Waals surface area (Å²) in [6.07, 6.45) is 18.5. The Kier molecular flexibility index (Phi) is 19.3. The van der Waals surface area contributed by atoms with Crippen molar-refractivity contribution in [2.24, 2.45) is 57.3 Å². The first-order valence-corrected chi connectivity index (χ1v) is 29.4. The average molecular weight is 760 g/mol. The average Bonchev–Trinajstić information content (AvgIpc) is 3.05. The van der Waals surface area contributed by atoms with Crippen molar-refractivity contribution < 1.29 is 8.85 Å². The van der Waals surface area contributed by atoms with E-state index in [4.69, 9.17) is 18.8 Å². The van der Waals surface area contributed by atoms with Crippen LogP contribution in [0.5, 0.6) is 0 Å². The van der Waals surface area contributed by atoms with E-state index >= 15 is 0 Å². The molecule has 6 unspecified atom stereocenters. The highest BCUT2D eigenvalue weighted by molar-refractivity contribution is 6.70. The minimum Gasteiger partial charge on any atom is -0.418 e. The molecule has 1 N–H and O–H groups in total. The maximum atomic E-state index is 6.31. The zero-order valence-electron chi connectivity index (χ0n) is 37.2. The van der Waals surface area contributed by atoms with Gasteiger partial charge in [-0.2, -0.15) is 0 Å². The summed E-state index contributed by atoms with van der Waals surface area (Å²) in [5.74, 6) is 5.46. The molecule has 1 aliphatic heterocycles. The summed E-state index contributed by atoms with van der Waals surface area (Å²) >= 11 is 0. The van der Waals surface area contributed by atoms with Crippen LogP contribution in [0.4, 0.5) is 0 Å². The van der Waals surface area contributed by atoms with E-state index in [0.717, 1.165) is 38.9 Å². The summed E-state index contributed by atoms with van der Waals surface area (Å²) in [6.45, 7) is 35.3. The molecule has 0 aromatic carbocycles. The molecule has 1 heterocycles. The minimum absolute atomic E-state index is 0.354. The van der Waals surface area contributed by atoms with Gasteiger partial charge in [0.05, 0.1) is 12.1 Å². The zero-order chi connectivity index (χ0) is 38.6. The van der Waals surface area contributed by atoms with Crippen LogP contribution >= 0.6 is 0 Å². The summed E-state index contributed by atoms with van der Waals surface area (Å²) in [6, 6.07) is 1.61. The molecule has 1 saturated heterocycles. The van der Waals surface area contributed by atoms with E-state index < -0.39 is 16.6 Å². The van der Waals surface area contributed by atoms with Crippen LogP contribution in [0.1, 0.15) is 152 Å². The predicted octanol–water partition coefficient (Wildman–Crippen LogP) is 12.6. The molecule has 0 bridgehead atoms. The molecule has 3 aliphatic rings. The molecule has 0 aromatic heterocycles.